The van der Waals surface area contributed by atoms with Crippen LogP contribution in [0.25, 0.3) is 0 Å². The third-order valence-electron chi connectivity index (χ3n) is 2.12. The minimum Gasteiger partial charge on any atom is -0.484 e. The molecule has 0 radical (unpaired) electrons. The molecule has 0 saturated carbocycles. The fraction of sp³-hybridized carbons (Fsp3) is 0.462. The van der Waals surface area contributed by atoms with E-state index in [0.29, 0.717) is 25.5 Å². The Labute approximate surface area is 116 Å². The monoisotopic (exact) mass is 315 g/mol. The number of para-hydroxylation sites is 1. The van der Waals surface area contributed by atoms with Gasteiger partial charge in [-0.05, 0) is 18.6 Å². The summed E-state index contributed by atoms with van der Waals surface area (Å²) in [5, 5.41) is 3.61. The summed E-state index contributed by atoms with van der Waals surface area (Å²) >= 11 is 3.27. The molecule has 0 aliphatic rings. The molecule has 0 heterocycles. The first-order valence-corrected chi connectivity index (χ1v) is 7.03. The van der Waals surface area contributed by atoms with Crippen molar-refractivity contribution in [1.82, 2.24) is 5.32 Å². The number of ether oxygens (including phenoxy) is 2. The van der Waals surface area contributed by atoms with E-state index in [-0.39, 0.29) is 12.5 Å². The van der Waals surface area contributed by atoms with E-state index in [0.717, 1.165) is 11.8 Å². The van der Waals surface area contributed by atoms with Crippen LogP contribution in [-0.4, -0.2) is 37.6 Å². The predicted octanol–water partition coefficient (Wildman–Crippen LogP) is 1.98. The molecule has 0 aromatic heterocycles. The Morgan fingerprint density at radius 2 is 2.00 bits per heavy atom. The molecule has 18 heavy (non-hydrogen) atoms. The Morgan fingerprint density at radius 3 is 2.72 bits per heavy atom. The molecule has 0 atom stereocenters. The first kappa shape index (κ1) is 15.0. The number of alkyl halides is 1. The second-order valence-corrected chi connectivity index (χ2v) is 4.40. The number of benzene rings is 1. The minimum absolute atomic E-state index is 0.0479. The molecular formula is C13H18BrNO3. The highest BCUT2D eigenvalue weighted by Gasteiger charge is 2.01. The third kappa shape index (κ3) is 7.29. The van der Waals surface area contributed by atoms with Gasteiger partial charge in [-0.1, -0.05) is 34.1 Å². The quantitative estimate of drug-likeness (QED) is 0.560. The molecule has 0 aliphatic carbocycles. The van der Waals surface area contributed by atoms with E-state index >= 15 is 0 Å². The summed E-state index contributed by atoms with van der Waals surface area (Å²) in [6, 6.07) is 9.28. The van der Waals surface area contributed by atoms with E-state index in [1.54, 1.807) is 0 Å². The van der Waals surface area contributed by atoms with Gasteiger partial charge in [-0.25, -0.2) is 0 Å². The molecular weight excluding hydrogens is 298 g/mol. The number of carbonyl (C=O) groups excluding carboxylic acids is 1. The van der Waals surface area contributed by atoms with Crippen molar-refractivity contribution in [3.05, 3.63) is 30.3 Å². The van der Waals surface area contributed by atoms with Gasteiger partial charge in [0.05, 0.1) is 6.61 Å². The molecule has 1 N–H and O–H groups in total. The van der Waals surface area contributed by atoms with Gasteiger partial charge in [-0.3, -0.25) is 4.79 Å². The van der Waals surface area contributed by atoms with Crippen LogP contribution < -0.4 is 10.1 Å². The van der Waals surface area contributed by atoms with Crippen LogP contribution in [0.15, 0.2) is 30.3 Å². The van der Waals surface area contributed by atoms with Crippen molar-refractivity contribution in [3.63, 3.8) is 0 Å². The van der Waals surface area contributed by atoms with Crippen LogP contribution in [0, 0.1) is 0 Å². The normalized spacial score (nSPS) is 10.1. The Balaban J connectivity index is 2.01. The van der Waals surface area contributed by atoms with Gasteiger partial charge < -0.3 is 14.8 Å². The average molecular weight is 316 g/mol. The van der Waals surface area contributed by atoms with Gasteiger partial charge in [0.15, 0.2) is 6.61 Å². The molecule has 1 amide bonds. The van der Waals surface area contributed by atoms with E-state index in [9.17, 15) is 4.79 Å². The van der Waals surface area contributed by atoms with Crippen LogP contribution in [0.2, 0.25) is 0 Å². The van der Waals surface area contributed by atoms with Gasteiger partial charge in [-0.2, -0.15) is 0 Å². The smallest absolute Gasteiger partial charge is 0.257 e. The number of rotatable bonds is 9. The topological polar surface area (TPSA) is 47.6 Å². The van der Waals surface area contributed by atoms with Crippen LogP contribution in [0.5, 0.6) is 5.75 Å². The molecule has 5 heteroatoms. The molecule has 1 aromatic rings. The maximum atomic E-state index is 11.4. The van der Waals surface area contributed by atoms with Crippen LogP contribution in [-0.2, 0) is 9.53 Å². The van der Waals surface area contributed by atoms with Crippen LogP contribution >= 0.6 is 15.9 Å². The lowest BCUT2D eigenvalue weighted by atomic mass is 10.3. The van der Waals surface area contributed by atoms with Crippen molar-refractivity contribution < 1.29 is 14.3 Å². The molecule has 0 aliphatic heterocycles. The Morgan fingerprint density at radius 1 is 1.22 bits per heavy atom. The molecule has 0 bridgehead atoms. The zero-order chi connectivity index (χ0) is 13.1. The zero-order valence-electron chi connectivity index (χ0n) is 10.2. The maximum absolute atomic E-state index is 11.4. The second kappa shape index (κ2) is 9.91. The Kier molecular flexibility index (Phi) is 8.25. The summed E-state index contributed by atoms with van der Waals surface area (Å²) < 4.78 is 10.6. The largest absolute Gasteiger partial charge is 0.484 e. The SMILES string of the molecule is O=C(COc1ccccc1)NCCCOCCBr. The average Bonchev–Trinajstić information content (AvgIpc) is 2.41. The molecule has 0 fully saturated rings. The lowest BCUT2D eigenvalue weighted by Crippen LogP contribution is -2.30. The molecule has 1 aromatic carbocycles. The Hall–Kier alpha value is -1.07. The lowest BCUT2D eigenvalue weighted by molar-refractivity contribution is -0.123. The van der Waals surface area contributed by atoms with E-state index in [1.165, 1.54) is 0 Å². The van der Waals surface area contributed by atoms with Gasteiger partial charge in [0.25, 0.3) is 5.91 Å². The Bertz CT molecular complexity index is 332. The summed E-state index contributed by atoms with van der Waals surface area (Å²) in [6.45, 7) is 2.02. The fourth-order valence-electron chi connectivity index (χ4n) is 1.28. The first-order valence-electron chi connectivity index (χ1n) is 5.91. The van der Waals surface area contributed by atoms with E-state index in [1.807, 2.05) is 30.3 Å². The van der Waals surface area contributed by atoms with E-state index in [4.69, 9.17) is 9.47 Å². The summed E-state index contributed by atoms with van der Waals surface area (Å²) in [5.74, 6) is 0.590. The zero-order valence-corrected chi connectivity index (χ0v) is 11.8. The molecule has 0 unspecified atom stereocenters. The van der Waals surface area contributed by atoms with Crippen molar-refractivity contribution in [1.29, 1.82) is 0 Å². The maximum Gasteiger partial charge on any atom is 0.257 e. The van der Waals surface area contributed by atoms with Crippen molar-refractivity contribution in [3.8, 4) is 5.75 Å². The standard InChI is InChI=1S/C13H18BrNO3/c14-7-10-17-9-4-8-15-13(16)11-18-12-5-2-1-3-6-12/h1-3,5-6H,4,7-11H2,(H,15,16). The molecule has 4 nitrogen and oxygen atoms in total. The highest BCUT2D eigenvalue weighted by atomic mass is 79.9. The molecule has 0 spiro atoms. The number of halogens is 1. The highest BCUT2D eigenvalue weighted by molar-refractivity contribution is 9.09. The van der Waals surface area contributed by atoms with E-state index < -0.39 is 0 Å². The predicted molar refractivity (Wildman–Crippen MR) is 74.2 cm³/mol. The number of carbonyl (C=O) groups is 1. The van der Waals surface area contributed by atoms with Gasteiger partial charge in [0, 0.05) is 18.5 Å². The van der Waals surface area contributed by atoms with Gasteiger partial charge >= 0.3 is 0 Å². The number of nitrogens with one attached hydrogen (secondary N) is 1. The third-order valence-corrected chi connectivity index (χ3v) is 2.45. The van der Waals surface area contributed by atoms with Crippen molar-refractivity contribution in [2.24, 2.45) is 0 Å². The molecule has 0 saturated heterocycles. The minimum atomic E-state index is -0.112. The lowest BCUT2D eigenvalue weighted by Gasteiger charge is -2.07. The van der Waals surface area contributed by atoms with Crippen molar-refractivity contribution in [2.45, 2.75) is 6.42 Å². The first-order chi connectivity index (χ1) is 8.83. The highest BCUT2D eigenvalue weighted by Crippen LogP contribution is 2.07. The van der Waals surface area contributed by atoms with Gasteiger partial charge in [0.2, 0.25) is 0 Å². The molecule has 1 rings (SSSR count). The van der Waals surface area contributed by atoms with Crippen LogP contribution in [0.4, 0.5) is 0 Å². The van der Waals surface area contributed by atoms with Gasteiger partial charge in [0.1, 0.15) is 5.75 Å². The van der Waals surface area contributed by atoms with Crippen LogP contribution in [0.1, 0.15) is 6.42 Å². The number of hydrogen-bond acceptors (Lipinski definition) is 3. The summed E-state index contributed by atoms with van der Waals surface area (Å²) in [4.78, 5) is 11.4. The van der Waals surface area contributed by atoms with Crippen molar-refractivity contribution >= 4 is 21.8 Å². The second-order valence-electron chi connectivity index (χ2n) is 3.61. The summed E-state index contributed by atoms with van der Waals surface area (Å²) in [6.07, 6.45) is 0.810. The summed E-state index contributed by atoms with van der Waals surface area (Å²) in [5.41, 5.74) is 0. The molecule has 100 valence electrons. The van der Waals surface area contributed by atoms with Crippen molar-refractivity contribution in [2.75, 3.05) is 31.7 Å². The van der Waals surface area contributed by atoms with Gasteiger partial charge in [-0.15, -0.1) is 0 Å². The fourth-order valence-corrected chi connectivity index (χ4v) is 1.50. The van der Waals surface area contributed by atoms with Crippen LogP contribution in [0.3, 0.4) is 0 Å². The number of amides is 1. The summed E-state index contributed by atoms with van der Waals surface area (Å²) in [7, 11) is 0. The number of hydrogen-bond donors (Lipinski definition) is 1. The van der Waals surface area contributed by atoms with E-state index in [2.05, 4.69) is 21.2 Å².